The standard InChI is InChI=1S/C12H21NO2.C5H12.C2H6/c1-10-4-2-6-13(9-10)12(14)8-11-5-3-7-15-11;1-3-5-4-2;1-2/h10-11H,2-9H2,1H3;3-5H2,1-2H3;1-2H3. The highest BCUT2D eigenvalue weighted by atomic mass is 16.5. The molecule has 1 amide bonds. The number of likely N-dealkylation sites (tertiary alicyclic amines) is 1. The van der Waals surface area contributed by atoms with E-state index in [1.54, 1.807) is 0 Å². The Kier molecular flexibility index (Phi) is 13.7. The number of carbonyl (C=O) groups excluding carboxylic acids is 1. The summed E-state index contributed by atoms with van der Waals surface area (Å²) in [6, 6.07) is 0. The molecular weight excluding hydrogens is 274 g/mol. The zero-order chi connectivity index (χ0) is 16.8. The van der Waals surface area contributed by atoms with Crippen molar-refractivity contribution in [3.8, 4) is 0 Å². The van der Waals surface area contributed by atoms with Gasteiger partial charge in [0.25, 0.3) is 0 Å². The van der Waals surface area contributed by atoms with Gasteiger partial charge in [0.15, 0.2) is 0 Å². The molecule has 0 radical (unpaired) electrons. The highest BCUT2D eigenvalue weighted by Crippen LogP contribution is 2.20. The van der Waals surface area contributed by atoms with E-state index >= 15 is 0 Å². The number of ether oxygens (including phenoxy) is 1. The van der Waals surface area contributed by atoms with Crippen LogP contribution in [0.4, 0.5) is 0 Å². The van der Waals surface area contributed by atoms with E-state index in [1.807, 2.05) is 18.7 Å². The largest absolute Gasteiger partial charge is 0.378 e. The highest BCUT2D eigenvalue weighted by molar-refractivity contribution is 5.76. The van der Waals surface area contributed by atoms with E-state index in [-0.39, 0.29) is 6.10 Å². The van der Waals surface area contributed by atoms with E-state index < -0.39 is 0 Å². The first kappa shape index (κ1) is 21.4. The van der Waals surface area contributed by atoms with Crippen LogP contribution >= 0.6 is 0 Å². The second-order valence-corrected chi connectivity index (χ2v) is 6.28. The summed E-state index contributed by atoms with van der Waals surface area (Å²) in [6.45, 7) is 13.4. The van der Waals surface area contributed by atoms with Gasteiger partial charge in [-0.25, -0.2) is 0 Å². The average Bonchev–Trinajstić information content (AvgIpc) is 3.04. The van der Waals surface area contributed by atoms with Crippen LogP contribution in [0.1, 0.15) is 86.0 Å². The van der Waals surface area contributed by atoms with Gasteiger partial charge in [0.1, 0.15) is 0 Å². The molecule has 2 fully saturated rings. The van der Waals surface area contributed by atoms with Crippen molar-refractivity contribution in [2.75, 3.05) is 19.7 Å². The van der Waals surface area contributed by atoms with Crippen molar-refractivity contribution in [1.29, 1.82) is 0 Å². The van der Waals surface area contributed by atoms with Crippen molar-refractivity contribution in [1.82, 2.24) is 4.90 Å². The normalized spacial score (nSPS) is 24.0. The molecule has 0 aliphatic carbocycles. The molecule has 0 saturated carbocycles. The molecule has 2 saturated heterocycles. The van der Waals surface area contributed by atoms with Crippen molar-refractivity contribution in [2.45, 2.75) is 92.1 Å². The van der Waals surface area contributed by atoms with E-state index in [2.05, 4.69) is 20.8 Å². The summed E-state index contributed by atoms with van der Waals surface area (Å²) in [4.78, 5) is 14.0. The van der Waals surface area contributed by atoms with E-state index in [4.69, 9.17) is 4.74 Å². The summed E-state index contributed by atoms with van der Waals surface area (Å²) in [5, 5.41) is 0. The Bertz CT molecular complexity index is 260. The molecule has 0 spiro atoms. The molecule has 132 valence electrons. The van der Waals surface area contributed by atoms with Crippen LogP contribution < -0.4 is 0 Å². The average molecular weight is 314 g/mol. The van der Waals surface area contributed by atoms with Gasteiger partial charge < -0.3 is 9.64 Å². The Balaban J connectivity index is 0.000000540. The van der Waals surface area contributed by atoms with Gasteiger partial charge in [-0.3, -0.25) is 4.79 Å². The second kappa shape index (κ2) is 14.0. The maximum atomic E-state index is 11.9. The number of rotatable bonds is 4. The first-order valence-electron chi connectivity index (χ1n) is 9.56. The first-order chi connectivity index (χ1) is 10.7. The lowest BCUT2D eigenvalue weighted by atomic mass is 9.99. The Hall–Kier alpha value is -0.570. The van der Waals surface area contributed by atoms with Crippen molar-refractivity contribution < 1.29 is 9.53 Å². The molecule has 2 rings (SSSR count). The summed E-state index contributed by atoms with van der Waals surface area (Å²) in [6.07, 6.45) is 9.50. The lowest BCUT2D eigenvalue weighted by molar-refractivity contribution is -0.135. The van der Waals surface area contributed by atoms with Crippen LogP contribution in [0.2, 0.25) is 0 Å². The number of piperidine rings is 1. The molecule has 2 unspecified atom stereocenters. The SMILES string of the molecule is CC.CC1CCCN(C(=O)CC2CCCO2)C1.CCCCC. The van der Waals surface area contributed by atoms with Gasteiger partial charge in [0.05, 0.1) is 12.5 Å². The van der Waals surface area contributed by atoms with Crippen LogP contribution in [-0.2, 0) is 9.53 Å². The molecule has 0 aromatic rings. The van der Waals surface area contributed by atoms with Crippen molar-refractivity contribution in [3.63, 3.8) is 0 Å². The fraction of sp³-hybridized carbons (Fsp3) is 0.947. The van der Waals surface area contributed by atoms with E-state index in [0.29, 0.717) is 18.2 Å². The predicted molar refractivity (Wildman–Crippen MR) is 95.1 cm³/mol. The number of unbranched alkanes of at least 4 members (excludes halogenated alkanes) is 2. The Morgan fingerprint density at radius 1 is 1.14 bits per heavy atom. The molecule has 0 aromatic carbocycles. The third kappa shape index (κ3) is 9.45. The third-order valence-corrected chi connectivity index (χ3v) is 4.14. The van der Waals surface area contributed by atoms with Crippen LogP contribution in [0.15, 0.2) is 0 Å². The van der Waals surface area contributed by atoms with E-state index in [1.165, 1.54) is 32.1 Å². The Morgan fingerprint density at radius 3 is 2.27 bits per heavy atom. The molecule has 3 heteroatoms. The van der Waals surface area contributed by atoms with Crippen LogP contribution in [0.5, 0.6) is 0 Å². The van der Waals surface area contributed by atoms with Gasteiger partial charge in [-0.1, -0.05) is 53.9 Å². The van der Waals surface area contributed by atoms with Gasteiger partial charge in [-0.2, -0.15) is 0 Å². The maximum absolute atomic E-state index is 11.9. The van der Waals surface area contributed by atoms with E-state index in [0.717, 1.165) is 32.5 Å². The molecule has 22 heavy (non-hydrogen) atoms. The summed E-state index contributed by atoms with van der Waals surface area (Å²) < 4.78 is 5.49. The Labute approximate surface area is 138 Å². The summed E-state index contributed by atoms with van der Waals surface area (Å²) >= 11 is 0. The zero-order valence-electron chi connectivity index (χ0n) is 15.7. The second-order valence-electron chi connectivity index (χ2n) is 6.28. The Morgan fingerprint density at radius 2 is 1.82 bits per heavy atom. The number of carbonyl (C=O) groups is 1. The fourth-order valence-electron chi connectivity index (χ4n) is 2.90. The zero-order valence-corrected chi connectivity index (χ0v) is 15.7. The third-order valence-electron chi connectivity index (χ3n) is 4.14. The molecule has 2 aliphatic heterocycles. The van der Waals surface area contributed by atoms with Gasteiger partial charge in [0.2, 0.25) is 5.91 Å². The highest BCUT2D eigenvalue weighted by Gasteiger charge is 2.25. The predicted octanol–water partition coefficient (Wildman–Crippen LogP) is 5.04. The van der Waals surface area contributed by atoms with E-state index in [9.17, 15) is 4.79 Å². The molecular formula is C19H39NO2. The number of amides is 1. The minimum Gasteiger partial charge on any atom is -0.378 e. The minimum atomic E-state index is 0.203. The van der Waals surface area contributed by atoms with Crippen molar-refractivity contribution in [2.24, 2.45) is 5.92 Å². The summed E-state index contributed by atoms with van der Waals surface area (Å²) in [5.41, 5.74) is 0. The molecule has 0 bridgehead atoms. The minimum absolute atomic E-state index is 0.203. The molecule has 0 N–H and O–H groups in total. The molecule has 2 aliphatic rings. The van der Waals surface area contributed by atoms with Gasteiger partial charge in [0, 0.05) is 19.7 Å². The lowest BCUT2D eigenvalue weighted by Gasteiger charge is -2.31. The summed E-state index contributed by atoms with van der Waals surface area (Å²) in [5.74, 6) is 0.973. The van der Waals surface area contributed by atoms with Crippen molar-refractivity contribution >= 4 is 5.91 Å². The lowest BCUT2D eigenvalue weighted by Crippen LogP contribution is -2.40. The molecule has 2 atom stereocenters. The first-order valence-corrected chi connectivity index (χ1v) is 9.56. The summed E-state index contributed by atoms with van der Waals surface area (Å²) in [7, 11) is 0. The van der Waals surface area contributed by atoms with Crippen LogP contribution in [0, 0.1) is 5.92 Å². The van der Waals surface area contributed by atoms with Gasteiger partial charge >= 0.3 is 0 Å². The maximum Gasteiger partial charge on any atom is 0.225 e. The van der Waals surface area contributed by atoms with Crippen LogP contribution in [0.25, 0.3) is 0 Å². The number of hydrogen-bond acceptors (Lipinski definition) is 2. The van der Waals surface area contributed by atoms with Gasteiger partial charge in [-0.05, 0) is 31.6 Å². The number of hydrogen-bond donors (Lipinski definition) is 0. The van der Waals surface area contributed by atoms with Crippen LogP contribution in [-0.4, -0.2) is 36.6 Å². The topological polar surface area (TPSA) is 29.5 Å². The van der Waals surface area contributed by atoms with Crippen molar-refractivity contribution in [3.05, 3.63) is 0 Å². The fourth-order valence-corrected chi connectivity index (χ4v) is 2.90. The van der Waals surface area contributed by atoms with Gasteiger partial charge in [-0.15, -0.1) is 0 Å². The molecule has 0 aromatic heterocycles. The molecule has 2 heterocycles. The number of nitrogens with zero attached hydrogens (tertiary/aromatic N) is 1. The quantitative estimate of drug-likeness (QED) is 0.728. The smallest absolute Gasteiger partial charge is 0.225 e. The monoisotopic (exact) mass is 313 g/mol. The van der Waals surface area contributed by atoms with Crippen LogP contribution in [0.3, 0.4) is 0 Å². The molecule has 3 nitrogen and oxygen atoms in total.